The Hall–Kier alpha value is -12.0. The van der Waals surface area contributed by atoms with E-state index in [0.29, 0.717) is 50.8 Å². The number of pyridine rings is 3. The highest BCUT2D eigenvalue weighted by molar-refractivity contribution is 7.99. The summed E-state index contributed by atoms with van der Waals surface area (Å²) in [6.45, 7) is 0.794. The molecule has 0 bridgehead atoms. The Balaban J connectivity index is 0.000000121. The molecule has 0 unspecified atom stereocenters. The molecule has 21 rings (SSSR count). The van der Waals surface area contributed by atoms with Crippen molar-refractivity contribution in [1.29, 1.82) is 0 Å². The van der Waals surface area contributed by atoms with E-state index in [1.807, 2.05) is 88.8 Å². The normalized spacial score (nSPS) is 21.8. The number of hydrogen-bond acceptors (Lipinski definition) is 28. The number of methoxy groups -OCH3 is 3. The minimum absolute atomic E-state index is 0.0253. The fourth-order valence-corrected chi connectivity index (χ4v) is 21.2. The van der Waals surface area contributed by atoms with Gasteiger partial charge in [-0.15, -0.1) is 35.3 Å². The number of benzene rings is 6. The molecule has 2 saturated carbocycles. The van der Waals surface area contributed by atoms with Crippen LogP contribution in [0.15, 0.2) is 205 Å². The molecule has 31 nitrogen and oxygen atoms in total. The van der Waals surface area contributed by atoms with Crippen molar-refractivity contribution in [1.82, 2.24) is 28.7 Å². The molecule has 630 valence electrons. The van der Waals surface area contributed by atoms with Crippen LogP contribution in [-0.2, 0) is 64.6 Å². The summed E-state index contributed by atoms with van der Waals surface area (Å²) in [6.07, 6.45) is 3.54. The Morgan fingerprint density at radius 1 is 0.418 bits per heavy atom. The Bertz CT molecular complexity index is 5810. The minimum atomic E-state index is -0.993. The van der Waals surface area contributed by atoms with E-state index in [-0.39, 0.29) is 82.9 Å². The highest BCUT2D eigenvalue weighted by atomic mass is 32.2. The van der Waals surface area contributed by atoms with Crippen molar-refractivity contribution in [3.8, 4) is 17.2 Å². The molecule has 13 heterocycles. The maximum Gasteiger partial charge on any atom is 0.510 e. The molecule has 122 heavy (non-hydrogen) atoms. The number of thioether (sulfide) groups is 3. The third-order valence-electron chi connectivity index (χ3n) is 24.0. The number of carbonyl (C=O) groups excluding carboxylic acids is 6. The summed E-state index contributed by atoms with van der Waals surface area (Å²) in [5.74, 6) is 0.0385. The second-order valence-electron chi connectivity index (χ2n) is 30.9. The number of aromatic nitrogens is 3. The zero-order chi connectivity index (χ0) is 83.9. The van der Waals surface area contributed by atoms with E-state index in [4.69, 9.17) is 47.4 Å². The van der Waals surface area contributed by atoms with Crippen molar-refractivity contribution in [2.45, 2.75) is 111 Å². The van der Waals surface area contributed by atoms with Crippen molar-refractivity contribution in [2.75, 3.05) is 109 Å². The van der Waals surface area contributed by atoms with Gasteiger partial charge in [0.2, 0.25) is 53.9 Å². The fraction of sp³-hybridized carbons (Fsp3) is 0.345. The topological polar surface area (TPSA) is 308 Å². The van der Waals surface area contributed by atoms with Crippen molar-refractivity contribution in [2.24, 2.45) is 0 Å². The zero-order valence-corrected chi connectivity index (χ0v) is 68.5. The van der Waals surface area contributed by atoms with Gasteiger partial charge in [-0.1, -0.05) is 115 Å². The van der Waals surface area contributed by atoms with Gasteiger partial charge in [0.05, 0.1) is 97.3 Å². The van der Waals surface area contributed by atoms with E-state index in [0.717, 1.165) is 92.4 Å². The molecule has 0 radical (unpaired) electrons. The summed E-state index contributed by atoms with van der Waals surface area (Å²) >= 11 is 5.17. The van der Waals surface area contributed by atoms with E-state index in [1.165, 1.54) is 55.8 Å². The molecule has 12 aliphatic rings. The summed E-state index contributed by atoms with van der Waals surface area (Å²) in [5, 5.41) is 6.15. The molecule has 9 aromatic rings. The molecule has 0 N–H and O–H groups in total. The van der Waals surface area contributed by atoms with Gasteiger partial charge >= 0.3 is 18.5 Å². The minimum Gasteiger partial charge on any atom is -0.451 e. The molecule has 3 spiro atoms. The predicted molar refractivity (Wildman–Crippen MR) is 436 cm³/mol. The molecular formula is C87H80FN9O22S3. The molecule has 2 aliphatic carbocycles. The standard InChI is InChI=1S/C29H26FN3O7S.C29H27N3O8S.C29H27N3O7S/c1-37-28(36)40-16-39-26-20(34)9-12-31-25(26)27(35)32-22(13-38-15-29(32)10-11-29)33(31)24-18-6-2-3-8-21(18)41-14-17-5-4-7-19(30)23(17)24;1-36-28(35)39-17-38-26-21(33)10-11-31-25(26)27(34)30-14-29(15-37-16-29)40-12-23(30)32(31)24-19-7-3-2-6-18(19)13-41-22-9-5-4-8-20(22)24;1-36-28(35)38-17-37-26-21(33)10-13-31-25(26)27(34)30-16-29(11-12-29)39-14-23(30)32(31)24-19-7-3-2-6-18(19)15-40-22-9-5-4-8-20(22)24/h2-9,12,22,24H,10-11,13-16H2,1H3;2-11,23-24H,12-17H2,1H3;2-10,13,23-24H,11-12,14-17H2,1H3/t22-,24-;2*23-,24+/m111/s1. The van der Waals surface area contributed by atoms with Gasteiger partial charge in [0.1, 0.15) is 36.0 Å². The third-order valence-corrected chi connectivity index (χ3v) is 27.4. The van der Waals surface area contributed by atoms with Crippen LogP contribution in [0.3, 0.4) is 0 Å². The lowest BCUT2D eigenvalue weighted by Gasteiger charge is -2.57. The number of nitrogens with zero attached hydrogens (tertiary/aromatic N) is 9. The Morgan fingerprint density at radius 2 is 0.811 bits per heavy atom. The van der Waals surface area contributed by atoms with Crippen molar-refractivity contribution >= 4 is 71.5 Å². The van der Waals surface area contributed by atoms with Crippen molar-refractivity contribution in [3.05, 3.63) is 280 Å². The van der Waals surface area contributed by atoms with Crippen LogP contribution in [0.5, 0.6) is 17.2 Å². The van der Waals surface area contributed by atoms with Gasteiger partial charge in [-0.25, -0.2) is 18.8 Å². The number of halogens is 1. The molecule has 35 heteroatoms. The van der Waals surface area contributed by atoms with E-state index in [2.05, 4.69) is 72.8 Å². The Kier molecular flexibility index (Phi) is 21.2. The summed E-state index contributed by atoms with van der Waals surface area (Å²) in [7, 11) is 3.49. The SMILES string of the molecule is COC(=O)OCOc1c2n(ccc1=O)N([C@@H]1c3ccccc3SCc3cccc(F)c31)[C@@H]1COCC3(CC3)N1C2=O.COC(=O)OCOc1c2n(ccc1=O)N([C@H]1c3ccccc3CSc3ccccc31)[C@@H]1COC3(CC3)CN1C2=O.COC(=O)OCOc1c2n(ccc1=O)N([C@H]1c3ccccc3CSc3ccccc31)[C@@H]1COC3(COC3)CN1C2=O. The van der Waals surface area contributed by atoms with Crippen LogP contribution >= 0.6 is 35.3 Å². The molecular weight excluding hydrogens is 1640 g/mol. The van der Waals surface area contributed by atoms with Crippen LogP contribution in [0.25, 0.3) is 0 Å². The first-order chi connectivity index (χ1) is 59.4. The number of ether oxygens (including phenoxy) is 13. The first-order valence-corrected chi connectivity index (χ1v) is 42.5. The molecule has 3 aromatic heterocycles. The molecule has 6 atom stereocenters. The molecule has 6 fully saturated rings. The smallest absolute Gasteiger partial charge is 0.451 e. The molecule has 10 aliphatic heterocycles. The summed E-state index contributed by atoms with van der Waals surface area (Å²) in [5.41, 5.74) is 6.01. The average Bonchev–Trinajstić information content (AvgIpc) is 1.73. The van der Waals surface area contributed by atoms with Crippen LogP contribution in [0, 0.1) is 5.82 Å². The second kappa shape index (κ2) is 32.4. The number of hydrogen-bond donors (Lipinski definition) is 0. The summed E-state index contributed by atoms with van der Waals surface area (Å²) in [6, 6.07) is 48.7. The van der Waals surface area contributed by atoms with Crippen LogP contribution in [0.1, 0.15) is 125 Å². The van der Waals surface area contributed by atoms with E-state index in [1.54, 1.807) is 77.6 Å². The fourth-order valence-electron chi connectivity index (χ4n) is 17.9. The van der Waals surface area contributed by atoms with E-state index in [9.17, 15) is 43.2 Å². The lowest BCUT2D eigenvalue weighted by atomic mass is 9.92. The molecule has 6 aromatic carbocycles. The number of carbonyl (C=O) groups is 6. The van der Waals surface area contributed by atoms with Crippen molar-refractivity contribution in [3.63, 3.8) is 0 Å². The lowest BCUT2D eigenvalue weighted by molar-refractivity contribution is -0.245. The van der Waals surface area contributed by atoms with Crippen LogP contribution in [-0.4, -0.2) is 195 Å². The largest absolute Gasteiger partial charge is 0.510 e. The number of fused-ring (bicyclic) bond motifs is 13. The number of rotatable bonds is 12. The maximum absolute atomic E-state index is 15.9. The maximum atomic E-state index is 15.9. The van der Waals surface area contributed by atoms with Gasteiger partial charge in [-0.2, -0.15) is 0 Å². The monoisotopic (exact) mass is 1720 g/mol. The third kappa shape index (κ3) is 14.1. The summed E-state index contributed by atoms with van der Waals surface area (Å²) in [4.78, 5) is 125. The van der Waals surface area contributed by atoms with Gasteiger partial charge in [0.25, 0.3) is 17.7 Å². The van der Waals surface area contributed by atoms with Crippen LogP contribution in [0.2, 0.25) is 0 Å². The van der Waals surface area contributed by atoms with Crippen LogP contribution in [0.4, 0.5) is 18.8 Å². The Morgan fingerprint density at radius 3 is 1.25 bits per heavy atom. The highest BCUT2D eigenvalue weighted by Gasteiger charge is 2.62. The highest BCUT2D eigenvalue weighted by Crippen LogP contribution is 2.54. The van der Waals surface area contributed by atoms with E-state index < -0.39 is 96.7 Å². The number of amides is 3. The molecule has 4 saturated heterocycles. The molecule has 3 amide bonds. The first-order valence-electron chi connectivity index (χ1n) is 39.5. The van der Waals surface area contributed by atoms with Crippen LogP contribution < -0.4 is 45.5 Å². The second-order valence-corrected chi connectivity index (χ2v) is 34.0. The van der Waals surface area contributed by atoms with Gasteiger partial charge < -0.3 is 76.3 Å². The summed E-state index contributed by atoms with van der Waals surface area (Å²) < 4.78 is 90.3. The van der Waals surface area contributed by atoms with Gasteiger partial charge in [-0.3, -0.25) is 57.8 Å². The van der Waals surface area contributed by atoms with Gasteiger partial charge in [0, 0.05) is 74.3 Å². The lowest BCUT2D eigenvalue weighted by Crippen LogP contribution is -2.73. The number of morpholine rings is 3. The van der Waals surface area contributed by atoms with Gasteiger partial charge in [-0.05, 0) is 94.5 Å². The van der Waals surface area contributed by atoms with E-state index >= 15 is 4.39 Å². The van der Waals surface area contributed by atoms with Crippen molar-refractivity contribution < 1.29 is 94.7 Å². The quantitative estimate of drug-likeness (QED) is 0.0623. The Labute approximate surface area is 708 Å². The average molecular weight is 1720 g/mol. The predicted octanol–water partition coefficient (Wildman–Crippen LogP) is 10.3. The zero-order valence-electron chi connectivity index (χ0n) is 66.0. The first kappa shape index (κ1) is 79.8. The van der Waals surface area contributed by atoms with Gasteiger partial charge in [0.15, 0.2) is 17.1 Å².